The average molecular weight is 166 g/mol. The Morgan fingerprint density at radius 1 is 1.67 bits per heavy atom. The Labute approximate surface area is 72.5 Å². The minimum atomic E-state index is 0.171. The molecule has 0 saturated carbocycles. The van der Waals surface area contributed by atoms with Crippen molar-refractivity contribution < 1.29 is 5.11 Å². The van der Waals surface area contributed by atoms with Gasteiger partial charge in [-0.3, -0.25) is 4.98 Å². The molecule has 1 aromatic heterocycles. The molecule has 66 valence electrons. The van der Waals surface area contributed by atoms with E-state index in [1.54, 1.807) is 6.20 Å². The second-order valence-corrected chi connectivity index (χ2v) is 2.69. The van der Waals surface area contributed by atoms with Crippen molar-refractivity contribution in [3.05, 3.63) is 30.1 Å². The highest BCUT2D eigenvalue weighted by atomic mass is 16.3. The van der Waals surface area contributed by atoms with Crippen LogP contribution in [0.15, 0.2) is 24.5 Å². The van der Waals surface area contributed by atoms with Crippen LogP contribution >= 0.6 is 0 Å². The first-order valence-corrected chi connectivity index (χ1v) is 4.08. The van der Waals surface area contributed by atoms with Gasteiger partial charge in [-0.25, -0.2) is 0 Å². The Morgan fingerprint density at radius 2 is 2.50 bits per heavy atom. The van der Waals surface area contributed by atoms with E-state index in [4.69, 9.17) is 5.11 Å². The van der Waals surface area contributed by atoms with Crippen molar-refractivity contribution in [2.24, 2.45) is 0 Å². The third-order valence-electron chi connectivity index (χ3n) is 1.75. The molecule has 0 aliphatic carbocycles. The van der Waals surface area contributed by atoms with E-state index in [1.165, 1.54) is 0 Å². The molecule has 0 radical (unpaired) electrons. The molecule has 1 heterocycles. The highest BCUT2D eigenvalue weighted by Crippen LogP contribution is 2.08. The zero-order chi connectivity index (χ0) is 8.81. The lowest BCUT2D eigenvalue weighted by molar-refractivity contribution is 0.286. The number of hydrogen-bond donors (Lipinski definition) is 2. The van der Waals surface area contributed by atoms with Crippen LogP contribution in [-0.4, -0.2) is 23.2 Å². The van der Waals surface area contributed by atoms with Gasteiger partial charge in [0.2, 0.25) is 0 Å². The standard InChI is InChI=1S/C9H14N2O/c1-8(11-5-6-12)9-3-2-4-10-7-9/h2-4,7-8,11-12H,5-6H2,1H3/t8-/m0/s1. The highest BCUT2D eigenvalue weighted by molar-refractivity contribution is 5.12. The molecule has 1 rings (SSSR count). The molecule has 1 atom stereocenters. The quantitative estimate of drug-likeness (QED) is 0.693. The van der Waals surface area contributed by atoms with Crippen molar-refractivity contribution in [3.8, 4) is 0 Å². The number of aliphatic hydroxyl groups excluding tert-OH is 1. The van der Waals surface area contributed by atoms with Crippen molar-refractivity contribution in [1.82, 2.24) is 10.3 Å². The van der Waals surface area contributed by atoms with Crippen LogP contribution in [0.4, 0.5) is 0 Å². The summed E-state index contributed by atoms with van der Waals surface area (Å²) < 4.78 is 0. The van der Waals surface area contributed by atoms with Gasteiger partial charge in [0.05, 0.1) is 6.61 Å². The second-order valence-electron chi connectivity index (χ2n) is 2.69. The van der Waals surface area contributed by atoms with Crippen LogP contribution in [0.25, 0.3) is 0 Å². The Balaban J connectivity index is 2.48. The SMILES string of the molecule is C[C@H](NCCO)c1cccnc1. The molecule has 0 amide bonds. The van der Waals surface area contributed by atoms with Crippen LogP contribution in [0.2, 0.25) is 0 Å². The number of nitrogens with one attached hydrogen (secondary N) is 1. The van der Waals surface area contributed by atoms with Crippen molar-refractivity contribution >= 4 is 0 Å². The van der Waals surface area contributed by atoms with E-state index in [-0.39, 0.29) is 12.6 Å². The number of aromatic nitrogens is 1. The van der Waals surface area contributed by atoms with Crippen LogP contribution < -0.4 is 5.32 Å². The van der Waals surface area contributed by atoms with Gasteiger partial charge in [0.15, 0.2) is 0 Å². The fourth-order valence-corrected chi connectivity index (χ4v) is 1.03. The van der Waals surface area contributed by atoms with Crippen molar-refractivity contribution in [2.75, 3.05) is 13.2 Å². The number of aliphatic hydroxyl groups is 1. The van der Waals surface area contributed by atoms with Gasteiger partial charge in [0, 0.05) is 25.0 Å². The fourth-order valence-electron chi connectivity index (χ4n) is 1.03. The van der Waals surface area contributed by atoms with Crippen LogP contribution in [0, 0.1) is 0 Å². The smallest absolute Gasteiger partial charge is 0.0556 e. The Kier molecular flexibility index (Phi) is 3.70. The molecule has 0 unspecified atom stereocenters. The lowest BCUT2D eigenvalue weighted by Gasteiger charge is -2.11. The van der Waals surface area contributed by atoms with E-state index < -0.39 is 0 Å². The maximum Gasteiger partial charge on any atom is 0.0556 e. The zero-order valence-corrected chi connectivity index (χ0v) is 7.20. The summed E-state index contributed by atoms with van der Waals surface area (Å²) in [6, 6.07) is 4.18. The molecule has 0 spiro atoms. The molecular formula is C9H14N2O. The van der Waals surface area contributed by atoms with Crippen molar-refractivity contribution in [2.45, 2.75) is 13.0 Å². The third-order valence-corrected chi connectivity index (χ3v) is 1.75. The van der Waals surface area contributed by atoms with E-state index in [0.717, 1.165) is 5.56 Å². The molecule has 0 aliphatic heterocycles. The predicted molar refractivity (Wildman–Crippen MR) is 47.7 cm³/mol. The Bertz CT molecular complexity index is 213. The molecule has 2 N–H and O–H groups in total. The predicted octanol–water partition coefficient (Wildman–Crippen LogP) is 0.725. The summed E-state index contributed by atoms with van der Waals surface area (Å²) in [5.74, 6) is 0. The molecule has 0 aliphatic rings. The van der Waals surface area contributed by atoms with Gasteiger partial charge in [-0.2, -0.15) is 0 Å². The minimum absolute atomic E-state index is 0.171. The van der Waals surface area contributed by atoms with E-state index in [2.05, 4.69) is 10.3 Å². The van der Waals surface area contributed by atoms with Crippen LogP contribution in [0.1, 0.15) is 18.5 Å². The summed E-state index contributed by atoms with van der Waals surface area (Å²) in [5.41, 5.74) is 1.14. The molecule has 12 heavy (non-hydrogen) atoms. The number of pyridine rings is 1. The van der Waals surface area contributed by atoms with Crippen molar-refractivity contribution in [3.63, 3.8) is 0 Å². The van der Waals surface area contributed by atoms with Crippen LogP contribution in [-0.2, 0) is 0 Å². The fraction of sp³-hybridized carbons (Fsp3) is 0.444. The van der Waals surface area contributed by atoms with Gasteiger partial charge in [-0.1, -0.05) is 6.07 Å². The summed E-state index contributed by atoms with van der Waals surface area (Å²) >= 11 is 0. The van der Waals surface area contributed by atoms with Crippen LogP contribution in [0.5, 0.6) is 0 Å². The molecule has 0 saturated heterocycles. The van der Waals surface area contributed by atoms with Crippen molar-refractivity contribution in [1.29, 1.82) is 0 Å². The second kappa shape index (κ2) is 4.85. The molecule has 0 bridgehead atoms. The number of rotatable bonds is 4. The Morgan fingerprint density at radius 3 is 3.08 bits per heavy atom. The van der Waals surface area contributed by atoms with Gasteiger partial charge in [0.25, 0.3) is 0 Å². The summed E-state index contributed by atoms with van der Waals surface area (Å²) in [6.07, 6.45) is 3.58. The summed E-state index contributed by atoms with van der Waals surface area (Å²) in [5, 5.41) is 11.7. The monoisotopic (exact) mass is 166 g/mol. The van der Waals surface area contributed by atoms with E-state index >= 15 is 0 Å². The van der Waals surface area contributed by atoms with Gasteiger partial charge >= 0.3 is 0 Å². The normalized spacial score (nSPS) is 12.8. The molecular weight excluding hydrogens is 152 g/mol. The van der Waals surface area contributed by atoms with Gasteiger partial charge in [-0.05, 0) is 18.6 Å². The van der Waals surface area contributed by atoms with E-state index in [0.29, 0.717) is 6.54 Å². The first kappa shape index (κ1) is 9.16. The zero-order valence-electron chi connectivity index (χ0n) is 7.20. The lowest BCUT2D eigenvalue weighted by Crippen LogP contribution is -2.22. The molecule has 1 aromatic rings. The first-order chi connectivity index (χ1) is 5.84. The van der Waals surface area contributed by atoms with E-state index in [1.807, 2.05) is 25.3 Å². The third kappa shape index (κ3) is 2.60. The average Bonchev–Trinajstić information content (AvgIpc) is 2.15. The molecule has 0 fully saturated rings. The highest BCUT2D eigenvalue weighted by Gasteiger charge is 2.01. The Hall–Kier alpha value is -0.930. The number of nitrogens with zero attached hydrogens (tertiary/aromatic N) is 1. The summed E-state index contributed by atoms with van der Waals surface area (Å²) in [4.78, 5) is 4.01. The maximum absolute atomic E-state index is 8.58. The largest absolute Gasteiger partial charge is 0.395 e. The van der Waals surface area contributed by atoms with Gasteiger partial charge < -0.3 is 10.4 Å². The minimum Gasteiger partial charge on any atom is -0.395 e. The summed E-state index contributed by atoms with van der Waals surface area (Å²) in [7, 11) is 0. The summed E-state index contributed by atoms with van der Waals surface area (Å²) in [6.45, 7) is 2.84. The van der Waals surface area contributed by atoms with Gasteiger partial charge in [-0.15, -0.1) is 0 Å². The molecule has 3 heteroatoms. The number of hydrogen-bond acceptors (Lipinski definition) is 3. The van der Waals surface area contributed by atoms with Crippen LogP contribution in [0.3, 0.4) is 0 Å². The van der Waals surface area contributed by atoms with Gasteiger partial charge in [0.1, 0.15) is 0 Å². The lowest BCUT2D eigenvalue weighted by atomic mass is 10.1. The van der Waals surface area contributed by atoms with E-state index in [9.17, 15) is 0 Å². The molecule has 0 aromatic carbocycles. The first-order valence-electron chi connectivity index (χ1n) is 4.08. The molecule has 3 nitrogen and oxygen atoms in total. The maximum atomic E-state index is 8.58. The topological polar surface area (TPSA) is 45.1 Å².